The summed E-state index contributed by atoms with van der Waals surface area (Å²) in [5, 5.41) is 14.8. The summed E-state index contributed by atoms with van der Waals surface area (Å²) in [6.45, 7) is 0. The van der Waals surface area contributed by atoms with Gasteiger partial charge in [0.1, 0.15) is 6.10 Å². The van der Waals surface area contributed by atoms with E-state index in [4.69, 9.17) is 24.5 Å². The van der Waals surface area contributed by atoms with Crippen molar-refractivity contribution >= 4 is 11.9 Å². The molecule has 2 bridgehead atoms. The van der Waals surface area contributed by atoms with E-state index < -0.39 is 52.9 Å². The highest BCUT2D eigenvalue weighted by atomic mass is 19.2. The summed E-state index contributed by atoms with van der Waals surface area (Å²) < 4.78 is 71.6. The third-order valence-corrected chi connectivity index (χ3v) is 4.69. The highest BCUT2D eigenvalue weighted by Crippen LogP contribution is 2.37. The predicted octanol–water partition coefficient (Wildman–Crippen LogP) is 2.54. The number of rotatable bonds is 2. The second kappa shape index (κ2) is 8.07. The molecule has 0 saturated carbocycles. The van der Waals surface area contributed by atoms with E-state index in [0.717, 1.165) is 12.8 Å². The van der Waals surface area contributed by atoms with Crippen LogP contribution in [0, 0.1) is 29.1 Å². The minimum absolute atomic E-state index is 0.231. The van der Waals surface area contributed by atoms with Crippen molar-refractivity contribution in [2.45, 2.75) is 43.9 Å². The molecular weight excluding hydrogens is 381 g/mol. The summed E-state index contributed by atoms with van der Waals surface area (Å²) in [5.41, 5.74) is 0. The summed E-state index contributed by atoms with van der Waals surface area (Å²) >= 11 is 0. The van der Waals surface area contributed by atoms with Crippen LogP contribution in [0.3, 0.4) is 0 Å². The number of ether oxygens (including phenoxy) is 1. The minimum Gasteiger partial charge on any atom is -0.484 e. The number of aliphatic carboxylic acids is 2. The van der Waals surface area contributed by atoms with Gasteiger partial charge in [0.25, 0.3) is 0 Å². The van der Waals surface area contributed by atoms with E-state index >= 15 is 0 Å². The maximum Gasteiger partial charge on any atom is 0.414 e. The predicted molar refractivity (Wildman–Crippen MR) is 79.7 cm³/mol. The van der Waals surface area contributed by atoms with Gasteiger partial charge in [0.15, 0.2) is 5.75 Å². The monoisotopic (exact) mass is 397 g/mol. The van der Waals surface area contributed by atoms with Crippen molar-refractivity contribution in [1.29, 1.82) is 0 Å². The Labute approximate surface area is 150 Å². The number of hydrogen-bond acceptors (Lipinski definition) is 4. The van der Waals surface area contributed by atoms with Crippen LogP contribution in [0.5, 0.6) is 5.75 Å². The Balaban J connectivity index is 0.000000380. The molecule has 27 heavy (non-hydrogen) atoms. The summed E-state index contributed by atoms with van der Waals surface area (Å²) in [5.74, 6) is -14.7. The lowest BCUT2D eigenvalue weighted by Gasteiger charge is -2.36. The van der Waals surface area contributed by atoms with Gasteiger partial charge in [-0.3, -0.25) is 0 Å². The molecule has 3 rings (SSSR count). The molecule has 1 aromatic rings. The molecule has 0 spiro atoms. The maximum absolute atomic E-state index is 13.6. The third kappa shape index (κ3) is 4.29. The summed E-state index contributed by atoms with van der Waals surface area (Å²) in [7, 11) is 1.97. The van der Waals surface area contributed by atoms with E-state index in [-0.39, 0.29) is 12.1 Å². The van der Waals surface area contributed by atoms with Gasteiger partial charge >= 0.3 is 11.9 Å². The smallest absolute Gasteiger partial charge is 0.414 e. The Hall–Kier alpha value is -2.43. The molecular formula is C16H16F5NO5. The van der Waals surface area contributed by atoms with E-state index in [1.807, 2.05) is 7.05 Å². The topological polar surface area (TPSA) is 87.1 Å². The number of benzene rings is 1. The normalized spacial score (nSPS) is 24.1. The molecule has 0 aromatic heterocycles. The zero-order valence-electron chi connectivity index (χ0n) is 14.0. The summed E-state index contributed by atoms with van der Waals surface area (Å²) in [4.78, 5) is 20.4. The molecule has 1 unspecified atom stereocenters. The van der Waals surface area contributed by atoms with E-state index in [2.05, 4.69) is 4.90 Å². The van der Waals surface area contributed by atoms with Gasteiger partial charge in [0, 0.05) is 12.1 Å². The number of carboxylic acids is 2. The highest BCUT2D eigenvalue weighted by Gasteiger charge is 2.40. The Morgan fingerprint density at radius 3 is 1.59 bits per heavy atom. The van der Waals surface area contributed by atoms with Gasteiger partial charge in [-0.1, -0.05) is 0 Å². The second-order valence-corrected chi connectivity index (χ2v) is 6.27. The minimum atomic E-state index is -2.17. The third-order valence-electron chi connectivity index (χ3n) is 4.69. The SMILES string of the molecule is CN1[C@@H]2CC[C@H]1CC(Oc1c(F)c(F)c(F)c(F)c1F)C2.O=C(O)C(=O)O. The first-order valence-corrected chi connectivity index (χ1v) is 7.90. The number of nitrogens with zero attached hydrogens (tertiary/aromatic N) is 1. The van der Waals surface area contributed by atoms with Gasteiger partial charge < -0.3 is 19.8 Å². The summed E-state index contributed by atoms with van der Waals surface area (Å²) in [6.07, 6.45) is 2.42. The largest absolute Gasteiger partial charge is 0.484 e. The van der Waals surface area contributed by atoms with Crippen molar-refractivity contribution < 1.29 is 46.5 Å². The molecule has 2 aliphatic rings. The fourth-order valence-electron chi connectivity index (χ4n) is 3.31. The van der Waals surface area contributed by atoms with Crippen molar-refractivity contribution in [1.82, 2.24) is 4.90 Å². The standard InChI is InChI=1S/C14H14F5NO.C2H2O4/c1-20-6-2-3-7(20)5-8(4-6)21-14-12(18)10(16)9(15)11(17)13(14)19;3-1(4)2(5)6/h6-8H,2-5H2,1H3;(H,3,4)(H,5,6)/t6-,7+,8?;. The van der Waals surface area contributed by atoms with Crippen LogP contribution in [-0.2, 0) is 9.59 Å². The van der Waals surface area contributed by atoms with Crippen LogP contribution in [-0.4, -0.2) is 52.3 Å². The lowest BCUT2D eigenvalue weighted by molar-refractivity contribution is -0.159. The molecule has 2 heterocycles. The van der Waals surface area contributed by atoms with Crippen LogP contribution >= 0.6 is 0 Å². The molecule has 150 valence electrons. The van der Waals surface area contributed by atoms with Gasteiger partial charge in [-0.05, 0) is 32.7 Å². The molecule has 2 N–H and O–H groups in total. The second-order valence-electron chi connectivity index (χ2n) is 6.27. The van der Waals surface area contributed by atoms with Gasteiger partial charge in [0.2, 0.25) is 29.1 Å². The van der Waals surface area contributed by atoms with Gasteiger partial charge in [0.05, 0.1) is 0 Å². The molecule has 2 fully saturated rings. The van der Waals surface area contributed by atoms with Crippen molar-refractivity contribution in [3.63, 3.8) is 0 Å². The quantitative estimate of drug-likeness (QED) is 0.345. The number of hydrogen-bond donors (Lipinski definition) is 2. The van der Waals surface area contributed by atoms with Crippen molar-refractivity contribution in [3.8, 4) is 5.75 Å². The first-order valence-electron chi connectivity index (χ1n) is 7.90. The zero-order chi connectivity index (χ0) is 20.5. The Bertz CT molecular complexity index is 704. The lowest BCUT2D eigenvalue weighted by Crippen LogP contribution is -2.44. The van der Waals surface area contributed by atoms with Crippen LogP contribution < -0.4 is 4.74 Å². The average Bonchev–Trinajstić information content (AvgIpc) is 2.83. The highest BCUT2D eigenvalue weighted by molar-refractivity contribution is 6.27. The Kier molecular flexibility index (Phi) is 6.24. The summed E-state index contributed by atoms with van der Waals surface area (Å²) in [6, 6.07) is 0.463. The van der Waals surface area contributed by atoms with Gasteiger partial charge in [-0.15, -0.1) is 0 Å². The van der Waals surface area contributed by atoms with Crippen LogP contribution in [0.15, 0.2) is 0 Å². The first kappa shape index (κ1) is 20.9. The number of carbonyl (C=O) groups is 2. The number of halogens is 5. The zero-order valence-corrected chi connectivity index (χ0v) is 14.0. The van der Waals surface area contributed by atoms with E-state index in [1.54, 1.807) is 0 Å². The molecule has 0 aliphatic carbocycles. The Morgan fingerprint density at radius 1 is 0.852 bits per heavy atom. The molecule has 0 amide bonds. The molecule has 3 atom stereocenters. The molecule has 6 nitrogen and oxygen atoms in total. The molecule has 11 heteroatoms. The first-order chi connectivity index (χ1) is 12.5. The van der Waals surface area contributed by atoms with E-state index in [0.29, 0.717) is 12.8 Å². The fraction of sp³-hybridized carbons (Fsp3) is 0.500. The number of carboxylic acid groups (broad SMARTS) is 2. The van der Waals surface area contributed by atoms with Crippen molar-refractivity contribution in [3.05, 3.63) is 29.1 Å². The number of piperidine rings is 1. The molecule has 1 aromatic carbocycles. The Morgan fingerprint density at radius 2 is 1.22 bits per heavy atom. The van der Waals surface area contributed by atoms with Crippen molar-refractivity contribution in [2.75, 3.05) is 7.05 Å². The van der Waals surface area contributed by atoms with Crippen molar-refractivity contribution in [2.24, 2.45) is 0 Å². The molecule has 2 aliphatic heterocycles. The fourth-order valence-corrected chi connectivity index (χ4v) is 3.31. The van der Waals surface area contributed by atoms with Crippen LogP contribution in [0.4, 0.5) is 22.0 Å². The molecule has 2 saturated heterocycles. The van der Waals surface area contributed by atoms with E-state index in [1.165, 1.54) is 0 Å². The molecule has 0 radical (unpaired) electrons. The van der Waals surface area contributed by atoms with Crippen LogP contribution in [0.25, 0.3) is 0 Å². The van der Waals surface area contributed by atoms with Gasteiger partial charge in [-0.25, -0.2) is 22.8 Å². The van der Waals surface area contributed by atoms with Gasteiger partial charge in [-0.2, -0.15) is 8.78 Å². The average molecular weight is 397 g/mol. The maximum atomic E-state index is 13.6. The van der Waals surface area contributed by atoms with Crippen LogP contribution in [0.2, 0.25) is 0 Å². The number of fused-ring (bicyclic) bond motifs is 2. The van der Waals surface area contributed by atoms with Crippen LogP contribution in [0.1, 0.15) is 25.7 Å². The van der Waals surface area contributed by atoms with E-state index in [9.17, 15) is 22.0 Å². The lowest BCUT2D eigenvalue weighted by atomic mass is 10.0.